The maximum atomic E-state index is 13.1. The van der Waals surface area contributed by atoms with E-state index in [0.717, 1.165) is 24.0 Å². The summed E-state index contributed by atoms with van der Waals surface area (Å²) in [5, 5.41) is 18.7. The molecular formula is C26H24F2N6O. The van der Waals surface area contributed by atoms with E-state index in [1.54, 1.807) is 24.3 Å². The van der Waals surface area contributed by atoms with Crippen LogP contribution in [0.4, 0.5) is 14.6 Å². The molecule has 3 aromatic rings. The van der Waals surface area contributed by atoms with Crippen LogP contribution < -0.4 is 10.6 Å². The van der Waals surface area contributed by atoms with E-state index in [9.17, 15) is 13.6 Å². The van der Waals surface area contributed by atoms with Crippen LogP contribution in [0, 0.1) is 11.3 Å². The van der Waals surface area contributed by atoms with E-state index < -0.39 is 12.6 Å². The molecular weight excluding hydrogens is 450 g/mol. The molecule has 2 aromatic heterocycles. The Bertz CT molecular complexity index is 1260. The van der Waals surface area contributed by atoms with Gasteiger partial charge in [0.1, 0.15) is 11.9 Å². The van der Waals surface area contributed by atoms with Gasteiger partial charge >= 0.3 is 6.55 Å². The van der Waals surface area contributed by atoms with Crippen molar-refractivity contribution in [3.05, 3.63) is 89.9 Å². The molecule has 0 spiro atoms. The third kappa shape index (κ3) is 6.25. The zero-order valence-electron chi connectivity index (χ0n) is 18.9. The quantitative estimate of drug-likeness (QED) is 0.472. The van der Waals surface area contributed by atoms with E-state index in [2.05, 4.69) is 32.9 Å². The van der Waals surface area contributed by atoms with Crippen molar-refractivity contribution in [2.75, 3.05) is 11.9 Å². The van der Waals surface area contributed by atoms with Crippen LogP contribution in [0.2, 0.25) is 0 Å². The third-order valence-electron chi connectivity index (χ3n) is 5.61. The summed E-state index contributed by atoms with van der Waals surface area (Å²) in [4.78, 5) is 17.4. The largest absolute Gasteiger partial charge is 0.333 e. The molecule has 35 heavy (non-hydrogen) atoms. The fourth-order valence-electron chi connectivity index (χ4n) is 3.75. The number of rotatable bonds is 9. The Morgan fingerprint density at radius 1 is 1.11 bits per heavy atom. The summed E-state index contributed by atoms with van der Waals surface area (Å²) in [6.07, 6.45) is 12.7. The van der Waals surface area contributed by atoms with Crippen LogP contribution >= 0.6 is 0 Å². The number of hydrogen-bond donors (Lipinski definition) is 2. The average Bonchev–Trinajstić information content (AvgIpc) is 3.39. The van der Waals surface area contributed by atoms with Crippen molar-refractivity contribution in [1.29, 1.82) is 5.26 Å². The number of anilines is 1. The Labute approximate surface area is 201 Å². The minimum Gasteiger partial charge on any atom is -0.309 e. The number of nitrogens with one attached hydrogen (secondary N) is 2. The fraction of sp³-hybridized carbons (Fsp3) is 0.231. The lowest BCUT2D eigenvalue weighted by molar-refractivity contribution is -0.117. The SMILES string of the molecule is N#Cc1ccc(CCNC(C(=O)Nc2ccc(-c3cnn(C(F)F)c3)cn2)C2=CCCC=C2)cc1. The molecule has 1 atom stereocenters. The number of carbonyl (C=O) groups is 1. The molecule has 0 bridgehead atoms. The molecule has 1 unspecified atom stereocenters. The summed E-state index contributed by atoms with van der Waals surface area (Å²) >= 11 is 0. The molecule has 1 amide bonds. The highest BCUT2D eigenvalue weighted by atomic mass is 19.3. The number of hydrogen-bond acceptors (Lipinski definition) is 5. The number of allylic oxidation sites excluding steroid dienone is 2. The van der Waals surface area contributed by atoms with Crippen molar-refractivity contribution in [3.63, 3.8) is 0 Å². The number of halogens is 2. The van der Waals surface area contributed by atoms with Gasteiger partial charge < -0.3 is 10.6 Å². The first-order valence-corrected chi connectivity index (χ1v) is 11.2. The number of carbonyl (C=O) groups excluding carboxylic acids is 1. The minimum absolute atomic E-state index is 0.242. The molecule has 1 aliphatic rings. The zero-order valence-corrected chi connectivity index (χ0v) is 18.9. The third-order valence-corrected chi connectivity index (χ3v) is 5.61. The van der Waals surface area contributed by atoms with Crippen LogP contribution in [0.1, 0.15) is 30.5 Å². The van der Waals surface area contributed by atoms with Crippen LogP contribution in [-0.4, -0.2) is 33.3 Å². The monoisotopic (exact) mass is 474 g/mol. The molecule has 0 aliphatic heterocycles. The average molecular weight is 475 g/mol. The highest BCUT2D eigenvalue weighted by Crippen LogP contribution is 2.22. The van der Waals surface area contributed by atoms with Gasteiger partial charge in [-0.1, -0.05) is 30.4 Å². The Morgan fingerprint density at radius 2 is 1.94 bits per heavy atom. The highest BCUT2D eigenvalue weighted by molar-refractivity contribution is 5.96. The van der Waals surface area contributed by atoms with Gasteiger partial charge in [-0.3, -0.25) is 4.79 Å². The Morgan fingerprint density at radius 3 is 2.57 bits per heavy atom. The molecule has 7 nitrogen and oxygen atoms in total. The number of nitriles is 1. The molecule has 1 aliphatic carbocycles. The van der Waals surface area contributed by atoms with E-state index in [0.29, 0.717) is 40.2 Å². The second-order valence-corrected chi connectivity index (χ2v) is 8.04. The van der Waals surface area contributed by atoms with E-state index in [4.69, 9.17) is 5.26 Å². The standard InChI is InChI=1S/C26H24F2N6O/c27-26(28)34-17-22(16-32-34)21-10-11-23(31-15-21)33-25(35)24(20-4-2-1-3-5-20)30-13-12-18-6-8-19(14-29)9-7-18/h2,4-11,15-17,24,26,30H,1,3,12-13H2,(H,31,33,35). The molecule has 2 N–H and O–H groups in total. The number of aromatic nitrogens is 3. The van der Waals surface area contributed by atoms with Gasteiger partial charge in [-0.15, -0.1) is 0 Å². The highest BCUT2D eigenvalue weighted by Gasteiger charge is 2.22. The van der Waals surface area contributed by atoms with Gasteiger partial charge in [-0.05, 0) is 54.7 Å². The van der Waals surface area contributed by atoms with Crippen molar-refractivity contribution in [1.82, 2.24) is 20.1 Å². The van der Waals surface area contributed by atoms with Crippen LogP contribution in [0.5, 0.6) is 0 Å². The van der Waals surface area contributed by atoms with Gasteiger partial charge in [-0.25, -0.2) is 9.67 Å². The van der Waals surface area contributed by atoms with Crippen molar-refractivity contribution in [2.24, 2.45) is 0 Å². The van der Waals surface area contributed by atoms with Crippen LogP contribution in [0.3, 0.4) is 0 Å². The number of alkyl halides is 2. The van der Waals surface area contributed by atoms with Crippen LogP contribution in [-0.2, 0) is 11.2 Å². The molecule has 0 saturated heterocycles. The lowest BCUT2D eigenvalue weighted by Gasteiger charge is -2.21. The molecule has 2 heterocycles. The number of pyridine rings is 1. The Hall–Kier alpha value is -4.16. The normalized spacial score (nSPS) is 13.8. The topological polar surface area (TPSA) is 95.6 Å². The Balaban J connectivity index is 1.41. The maximum Gasteiger partial charge on any atom is 0.333 e. The van der Waals surface area contributed by atoms with Gasteiger partial charge in [0, 0.05) is 30.1 Å². The second kappa shape index (κ2) is 11.3. The summed E-state index contributed by atoms with van der Waals surface area (Å²) in [6, 6.07) is 12.2. The van der Waals surface area contributed by atoms with Crippen molar-refractivity contribution >= 4 is 11.7 Å². The summed E-state index contributed by atoms with van der Waals surface area (Å²) in [5.41, 5.74) is 3.69. The number of amides is 1. The first kappa shape index (κ1) is 24.0. The first-order chi connectivity index (χ1) is 17.0. The predicted octanol–water partition coefficient (Wildman–Crippen LogP) is 4.63. The lowest BCUT2D eigenvalue weighted by Crippen LogP contribution is -2.43. The fourth-order valence-corrected chi connectivity index (χ4v) is 3.75. The predicted molar refractivity (Wildman–Crippen MR) is 128 cm³/mol. The van der Waals surface area contributed by atoms with Gasteiger partial charge in [0.2, 0.25) is 5.91 Å². The van der Waals surface area contributed by atoms with Crippen molar-refractivity contribution < 1.29 is 13.6 Å². The Kier molecular flexibility index (Phi) is 7.75. The van der Waals surface area contributed by atoms with E-state index in [-0.39, 0.29) is 5.91 Å². The number of benzene rings is 1. The van der Waals surface area contributed by atoms with Crippen molar-refractivity contribution in [3.8, 4) is 17.2 Å². The van der Waals surface area contributed by atoms with Gasteiger partial charge in [0.05, 0.1) is 17.8 Å². The maximum absolute atomic E-state index is 13.1. The van der Waals surface area contributed by atoms with E-state index >= 15 is 0 Å². The first-order valence-electron chi connectivity index (χ1n) is 11.2. The van der Waals surface area contributed by atoms with E-state index in [1.807, 2.05) is 24.3 Å². The molecule has 0 radical (unpaired) electrons. The molecule has 178 valence electrons. The molecule has 1 aromatic carbocycles. The number of nitrogens with zero attached hydrogens (tertiary/aromatic N) is 4. The van der Waals surface area contributed by atoms with E-state index in [1.165, 1.54) is 18.6 Å². The van der Waals surface area contributed by atoms with Gasteiger partial charge in [0.15, 0.2) is 0 Å². The minimum atomic E-state index is -2.71. The molecule has 9 heteroatoms. The molecule has 0 saturated carbocycles. The smallest absolute Gasteiger partial charge is 0.309 e. The van der Waals surface area contributed by atoms with Crippen LogP contribution in [0.15, 0.2) is 78.8 Å². The zero-order chi connectivity index (χ0) is 24.6. The van der Waals surface area contributed by atoms with Crippen molar-refractivity contribution in [2.45, 2.75) is 31.9 Å². The van der Waals surface area contributed by atoms with Crippen LogP contribution in [0.25, 0.3) is 11.1 Å². The summed E-state index contributed by atoms with van der Waals surface area (Å²) in [5.74, 6) is 0.118. The molecule has 0 fully saturated rings. The lowest BCUT2D eigenvalue weighted by atomic mass is 9.99. The summed E-state index contributed by atoms with van der Waals surface area (Å²) in [6.45, 7) is -2.14. The van der Waals surface area contributed by atoms with Gasteiger partial charge in [-0.2, -0.15) is 19.1 Å². The second-order valence-electron chi connectivity index (χ2n) is 8.04. The summed E-state index contributed by atoms with van der Waals surface area (Å²) in [7, 11) is 0. The molecule has 4 rings (SSSR count). The summed E-state index contributed by atoms with van der Waals surface area (Å²) < 4.78 is 26.1. The van der Waals surface area contributed by atoms with Gasteiger partial charge in [0.25, 0.3) is 0 Å².